The van der Waals surface area contributed by atoms with E-state index < -0.39 is 11.4 Å². The lowest BCUT2D eigenvalue weighted by Gasteiger charge is -2.44. The van der Waals surface area contributed by atoms with Crippen LogP contribution in [-0.4, -0.2) is 48.7 Å². The maximum Gasteiger partial charge on any atom is 0.182 e. The minimum absolute atomic E-state index is 0.0105. The van der Waals surface area contributed by atoms with E-state index in [4.69, 9.17) is 19.8 Å². The third kappa shape index (κ3) is 5.61. The number of fused-ring (bicyclic) bond motifs is 2. The summed E-state index contributed by atoms with van der Waals surface area (Å²) >= 11 is -1.16. The Hall–Kier alpha value is -3.42. The molecular weight excluding hydrogens is 568 g/mol. The molecule has 4 heterocycles. The zero-order chi connectivity index (χ0) is 30.3. The van der Waals surface area contributed by atoms with Gasteiger partial charge in [0.2, 0.25) is 0 Å². The van der Waals surface area contributed by atoms with E-state index in [0.717, 1.165) is 75.2 Å². The number of hydrogen-bond donors (Lipinski definition) is 1. The molecule has 9 heteroatoms. The fraction of sp³-hybridized carbons (Fsp3) is 0.457. The Morgan fingerprint density at radius 1 is 1.02 bits per heavy atom. The van der Waals surface area contributed by atoms with Crippen LogP contribution >= 0.6 is 0 Å². The fourth-order valence-corrected chi connectivity index (χ4v) is 7.76. The molecule has 1 unspecified atom stereocenters. The van der Waals surface area contributed by atoms with Crippen LogP contribution < -0.4 is 9.62 Å². The largest absolute Gasteiger partial charge is 0.598 e. The first-order valence-corrected chi connectivity index (χ1v) is 16.9. The minimum Gasteiger partial charge on any atom is -0.598 e. The molecule has 2 aromatic heterocycles. The highest BCUT2D eigenvalue weighted by molar-refractivity contribution is 7.90. The van der Waals surface area contributed by atoms with Gasteiger partial charge in [-0.05, 0) is 88.5 Å². The van der Waals surface area contributed by atoms with Gasteiger partial charge in [-0.15, -0.1) is 4.72 Å². The Balaban J connectivity index is 1.17. The van der Waals surface area contributed by atoms with Gasteiger partial charge in [-0.25, -0.2) is 14.6 Å². The van der Waals surface area contributed by atoms with Crippen LogP contribution in [0.25, 0.3) is 11.2 Å². The lowest BCUT2D eigenvalue weighted by atomic mass is 9.73. The van der Waals surface area contributed by atoms with Crippen molar-refractivity contribution in [3.8, 4) is 11.8 Å². The maximum atomic E-state index is 13.3. The molecule has 228 valence electrons. The zero-order valence-electron chi connectivity index (χ0n) is 25.8. The van der Waals surface area contributed by atoms with Gasteiger partial charge in [0.25, 0.3) is 0 Å². The first kappa shape index (κ1) is 29.3. The van der Waals surface area contributed by atoms with Crippen LogP contribution in [0.4, 0.5) is 5.82 Å². The van der Waals surface area contributed by atoms with Gasteiger partial charge < -0.3 is 14.2 Å². The molecule has 7 rings (SSSR count). The predicted octanol–water partition coefficient (Wildman–Crippen LogP) is 5.86. The summed E-state index contributed by atoms with van der Waals surface area (Å²) in [6, 6.07) is 18.7. The number of hydrogen-bond acceptors (Lipinski definition) is 7. The summed E-state index contributed by atoms with van der Waals surface area (Å²) in [5, 5.41) is 4.89. The normalized spacial score (nSPS) is 22.0. The average molecular weight is 609 g/mol. The molecule has 8 nitrogen and oxygen atoms in total. The Kier molecular flexibility index (Phi) is 7.87. The van der Waals surface area contributed by atoms with Crippen molar-refractivity contribution >= 4 is 28.3 Å². The lowest BCUT2D eigenvalue weighted by Crippen LogP contribution is -2.49. The Bertz CT molecular complexity index is 1690. The molecule has 1 aliphatic carbocycles. The summed E-state index contributed by atoms with van der Waals surface area (Å²) in [5.74, 6) is 7.34. The summed E-state index contributed by atoms with van der Waals surface area (Å²) < 4.78 is 24.6. The average Bonchev–Trinajstić information content (AvgIpc) is 3.55. The van der Waals surface area contributed by atoms with Crippen molar-refractivity contribution in [1.29, 1.82) is 0 Å². The molecule has 44 heavy (non-hydrogen) atoms. The van der Waals surface area contributed by atoms with Crippen LogP contribution in [0.5, 0.6) is 0 Å². The van der Waals surface area contributed by atoms with Gasteiger partial charge in [-0.1, -0.05) is 48.4 Å². The van der Waals surface area contributed by atoms with Crippen molar-refractivity contribution in [3.63, 3.8) is 0 Å². The van der Waals surface area contributed by atoms with E-state index in [2.05, 4.69) is 45.7 Å². The van der Waals surface area contributed by atoms with Crippen LogP contribution in [-0.2, 0) is 22.5 Å². The Morgan fingerprint density at radius 2 is 1.80 bits per heavy atom. The molecular formula is C35H40N6O2S. The van der Waals surface area contributed by atoms with Crippen molar-refractivity contribution in [2.45, 2.75) is 76.3 Å². The van der Waals surface area contributed by atoms with Crippen LogP contribution in [0.15, 0.2) is 60.8 Å². The van der Waals surface area contributed by atoms with Crippen molar-refractivity contribution in [1.82, 2.24) is 24.5 Å². The first-order chi connectivity index (χ1) is 21.3. The van der Waals surface area contributed by atoms with Crippen molar-refractivity contribution in [2.24, 2.45) is 5.41 Å². The molecule has 1 spiro atoms. The molecule has 1 N–H and O–H groups in total. The van der Waals surface area contributed by atoms with E-state index >= 15 is 0 Å². The molecule has 2 aliphatic heterocycles. The van der Waals surface area contributed by atoms with E-state index in [-0.39, 0.29) is 22.4 Å². The van der Waals surface area contributed by atoms with Gasteiger partial charge in [0, 0.05) is 42.0 Å². The van der Waals surface area contributed by atoms with Crippen LogP contribution in [0.2, 0.25) is 0 Å². The van der Waals surface area contributed by atoms with Gasteiger partial charge in [0.15, 0.2) is 17.6 Å². The SMILES string of the molecule is CC(C)(C)[S@@+]([O-])N[C@@H]1c2ccccc2CC12CCN(c1cnc3c(C#Cc4ccccc4)nn(C4CCCCO4)c3n1)CC2. The molecule has 3 atom stereocenters. The summed E-state index contributed by atoms with van der Waals surface area (Å²) in [5.41, 5.74) is 5.66. The Labute approximate surface area is 262 Å². The van der Waals surface area contributed by atoms with Crippen LogP contribution in [0, 0.1) is 17.3 Å². The number of benzene rings is 2. The maximum absolute atomic E-state index is 13.3. The summed E-state index contributed by atoms with van der Waals surface area (Å²) in [7, 11) is 0. The van der Waals surface area contributed by atoms with E-state index in [1.54, 1.807) is 0 Å². The summed E-state index contributed by atoms with van der Waals surface area (Å²) in [4.78, 5) is 12.4. The van der Waals surface area contributed by atoms with Gasteiger partial charge in [0.1, 0.15) is 16.1 Å². The topological polar surface area (TPSA) is 91.2 Å². The second-order valence-electron chi connectivity index (χ2n) is 13.3. The highest BCUT2D eigenvalue weighted by Crippen LogP contribution is 2.52. The number of ether oxygens (including phenoxy) is 1. The number of nitrogens with one attached hydrogen (secondary N) is 1. The highest BCUT2D eigenvalue weighted by Gasteiger charge is 2.50. The van der Waals surface area contributed by atoms with E-state index in [0.29, 0.717) is 11.2 Å². The molecule has 2 saturated heterocycles. The second kappa shape index (κ2) is 11.8. The number of rotatable bonds is 4. The quantitative estimate of drug-likeness (QED) is 0.229. The van der Waals surface area contributed by atoms with Crippen molar-refractivity contribution in [2.75, 3.05) is 24.6 Å². The number of piperidine rings is 1. The zero-order valence-corrected chi connectivity index (χ0v) is 26.6. The van der Waals surface area contributed by atoms with Gasteiger partial charge in [0.05, 0.1) is 12.2 Å². The lowest BCUT2D eigenvalue weighted by molar-refractivity contribution is -0.0370. The number of anilines is 1. The Morgan fingerprint density at radius 3 is 2.55 bits per heavy atom. The summed E-state index contributed by atoms with van der Waals surface area (Å²) in [6.07, 6.45) is 7.69. The van der Waals surface area contributed by atoms with Crippen LogP contribution in [0.3, 0.4) is 0 Å². The third-order valence-corrected chi connectivity index (χ3v) is 10.9. The molecule has 0 amide bonds. The predicted molar refractivity (Wildman–Crippen MR) is 174 cm³/mol. The molecule has 2 aromatic carbocycles. The standard InChI is InChI=1S/C35H40N6O2S/c1-34(2,3)44(42)39-32-27-14-8-7-13-26(27)23-35(32)18-20-40(21-19-35)29-24-36-31-28(17-16-25-11-5-4-6-12-25)38-41(33(31)37-29)30-15-9-10-22-43-30/h4-8,11-14,24,30,32,39H,9-10,15,18-23H2,1-3H3/t30?,32-,44-/m1/s1. The minimum atomic E-state index is -1.16. The monoisotopic (exact) mass is 608 g/mol. The molecule has 2 fully saturated rings. The van der Waals surface area contributed by atoms with E-state index in [1.807, 2.05) is 62.0 Å². The smallest absolute Gasteiger partial charge is 0.182 e. The van der Waals surface area contributed by atoms with Crippen molar-refractivity contribution < 1.29 is 9.29 Å². The number of aromatic nitrogens is 4. The molecule has 3 aliphatic rings. The van der Waals surface area contributed by atoms with Crippen LogP contribution in [0.1, 0.15) is 87.5 Å². The molecule has 0 radical (unpaired) electrons. The van der Waals surface area contributed by atoms with E-state index in [9.17, 15) is 4.55 Å². The molecule has 4 aromatic rings. The van der Waals surface area contributed by atoms with E-state index in [1.165, 1.54) is 11.1 Å². The number of nitrogens with zero attached hydrogens (tertiary/aromatic N) is 5. The highest BCUT2D eigenvalue weighted by atomic mass is 32.2. The molecule has 0 bridgehead atoms. The van der Waals surface area contributed by atoms with Gasteiger partial charge in [-0.2, -0.15) is 5.10 Å². The molecule has 0 saturated carbocycles. The summed E-state index contributed by atoms with van der Waals surface area (Å²) in [6.45, 7) is 8.51. The second-order valence-corrected chi connectivity index (χ2v) is 15.3. The van der Waals surface area contributed by atoms with Crippen molar-refractivity contribution in [3.05, 3.63) is 83.2 Å². The fourth-order valence-electron chi connectivity index (χ4n) is 6.81. The first-order valence-electron chi connectivity index (χ1n) is 15.8. The van der Waals surface area contributed by atoms with Gasteiger partial charge in [-0.3, -0.25) is 0 Å². The third-order valence-electron chi connectivity index (χ3n) is 9.30. The van der Waals surface area contributed by atoms with Gasteiger partial charge >= 0.3 is 0 Å².